The molecule has 0 amide bonds. The van der Waals surface area contributed by atoms with E-state index in [4.69, 9.17) is 29.9 Å². The predicted molar refractivity (Wildman–Crippen MR) is 525 cm³/mol. The van der Waals surface area contributed by atoms with Gasteiger partial charge in [-0.3, -0.25) is 0 Å². The smallest absolute Gasteiger partial charge is 0.164 e. The first kappa shape index (κ1) is 71.4. The van der Waals surface area contributed by atoms with Crippen molar-refractivity contribution in [3.05, 3.63) is 413 Å². The lowest BCUT2D eigenvalue weighted by molar-refractivity contribution is 1.07. The lowest BCUT2D eigenvalue weighted by Gasteiger charge is -2.13. The maximum absolute atomic E-state index is 5.29. The van der Waals surface area contributed by atoms with E-state index >= 15 is 0 Å². The van der Waals surface area contributed by atoms with E-state index in [1.165, 1.54) is 100 Å². The second-order valence-corrected chi connectivity index (χ2v) is 34.6. The van der Waals surface area contributed by atoms with Crippen molar-refractivity contribution in [2.24, 2.45) is 0 Å². The predicted octanol–water partition coefficient (Wildman–Crippen LogP) is 30.2. The van der Waals surface area contributed by atoms with Gasteiger partial charge >= 0.3 is 0 Å². The van der Waals surface area contributed by atoms with E-state index in [0.717, 1.165) is 117 Å². The quantitative estimate of drug-likeness (QED) is 0.114. The van der Waals surface area contributed by atoms with Crippen LogP contribution in [0.3, 0.4) is 0 Å². The van der Waals surface area contributed by atoms with Crippen molar-refractivity contribution < 1.29 is 0 Å². The Bertz CT molecular complexity index is 8840. The molecule has 0 radical (unpaired) electrons. The molecule has 12 heteroatoms. The number of thiophene rings is 2. The van der Waals surface area contributed by atoms with Gasteiger partial charge in [0.05, 0.1) is 44.1 Å². The molecule has 0 fully saturated rings. The minimum Gasteiger partial charge on any atom is -0.309 e. The van der Waals surface area contributed by atoms with Gasteiger partial charge in [-0.2, -0.15) is 0 Å². The van der Waals surface area contributed by atoms with Gasteiger partial charge in [0.2, 0.25) is 0 Å². The molecule has 8 heterocycles. The van der Waals surface area contributed by atoms with E-state index in [2.05, 4.69) is 358 Å². The summed E-state index contributed by atoms with van der Waals surface area (Å²) in [6.45, 7) is 0. The molecule has 0 atom stereocenters. The van der Waals surface area contributed by atoms with Crippen LogP contribution < -0.4 is 0 Å². The van der Waals surface area contributed by atoms with E-state index in [1.807, 2.05) is 95.5 Å². The molecule has 0 saturated heterocycles. The number of aromatic nitrogens is 10. The molecule has 126 heavy (non-hydrogen) atoms. The van der Waals surface area contributed by atoms with E-state index in [-0.39, 0.29) is 0 Å². The summed E-state index contributed by atoms with van der Waals surface area (Å²) in [7, 11) is 0. The minimum atomic E-state index is 0.590. The van der Waals surface area contributed by atoms with Gasteiger partial charge < -0.3 is 18.3 Å². The summed E-state index contributed by atoms with van der Waals surface area (Å²) < 4.78 is 14.7. The molecule has 0 aliphatic rings. The van der Waals surface area contributed by atoms with Crippen LogP contribution in [0.25, 0.3) is 252 Å². The van der Waals surface area contributed by atoms with Gasteiger partial charge in [-0.1, -0.05) is 303 Å². The fraction of sp³-hybridized carbons (Fsp3) is 0. The molecule has 26 aromatic rings. The molecular formula is C114H68N10S2. The lowest BCUT2D eigenvalue weighted by atomic mass is 9.97. The van der Waals surface area contributed by atoms with Gasteiger partial charge in [-0.15, -0.1) is 22.7 Å². The molecule has 0 saturated carbocycles. The summed E-state index contributed by atoms with van der Waals surface area (Å²) >= 11 is 3.71. The average molecular weight is 1640 g/mol. The topological polar surface area (TPSA) is 97.1 Å². The molecule has 26 rings (SSSR count). The monoisotopic (exact) mass is 1640 g/mol. The maximum Gasteiger partial charge on any atom is 0.164 e. The highest BCUT2D eigenvalue weighted by Gasteiger charge is 2.26. The average Bonchev–Trinajstić information content (AvgIpc) is 1.57. The number of nitrogens with zero attached hydrogens (tertiary/aromatic N) is 10. The van der Waals surface area contributed by atoms with Crippen LogP contribution in [0.5, 0.6) is 0 Å². The van der Waals surface area contributed by atoms with Crippen LogP contribution in [0.2, 0.25) is 0 Å². The molecule has 18 aromatic carbocycles. The molecule has 0 N–H and O–H groups in total. The normalized spacial score (nSPS) is 12.0. The SMILES string of the molecule is c1ccc(-c2ccc3c4ccccc4n(-c4ccc5c(c4)sc4cc6c7ccc(-c8cccc9c8c8ccc(-c%10ccccc%10)cc8n9-c8ccc9c(c8)sc8cc%10c(cc89)c8ccccc8n%10-c8cccc(-c9nc(-c%10ccccc%10)nc(-c%10ccccc%10)n9)c8)cc7n(-c7cccc(-c8nc(-c9ccccc9)nc(-c9ccccc9)n8)c7)c6cc45)c3c2)cc1. The van der Waals surface area contributed by atoms with Gasteiger partial charge in [0.15, 0.2) is 34.9 Å². The van der Waals surface area contributed by atoms with Gasteiger partial charge in [-0.05, 0) is 143 Å². The molecule has 0 aliphatic carbocycles. The number of hydrogen-bond acceptors (Lipinski definition) is 8. The second kappa shape index (κ2) is 28.6. The largest absolute Gasteiger partial charge is 0.309 e. The van der Waals surface area contributed by atoms with E-state index in [1.54, 1.807) is 0 Å². The summed E-state index contributed by atoms with van der Waals surface area (Å²) in [6.07, 6.45) is 0. The standard InChI is InChI=1S/C114H68N10S2/c1-7-26-69(27-8-1)75-48-53-87-85-42-19-21-45-96(85)122(99(87)60-75)82-51-57-90-95-66-102-93(67-106(95)125-105(90)63-82)88-54-50-77(62-100(88)124(102)81-41-24-39-79(59-81)114-119-111(73-34-15-5-16-35-73)116-112(120-114)74-36-17-6-18-37-74)84-44-25-47-98-108(84)91-55-49-76(70-28-9-2-10-29-70)61-101(91)123(98)83-52-56-89-94-65-92-86-43-20-22-46-97(86)121(103(92)68-107(94)126-104(89)64-83)80-40-23-38-78(58-80)113-117-109(71-30-11-3-12-31-71)115-110(118-113)72-32-13-4-14-33-72/h1-68H. The highest BCUT2D eigenvalue weighted by Crippen LogP contribution is 2.49. The summed E-state index contributed by atoms with van der Waals surface area (Å²) in [6, 6.07) is 149. The first-order valence-corrected chi connectivity index (χ1v) is 44.1. The Morgan fingerprint density at radius 1 is 0.151 bits per heavy atom. The first-order chi connectivity index (χ1) is 62.4. The van der Waals surface area contributed by atoms with Crippen molar-refractivity contribution in [1.82, 2.24) is 48.2 Å². The highest BCUT2D eigenvalue weighted by molar-refractivity contribution is 7.26. The van der Waals surface area contributed by atoms with Crippen LogP contribution in [0.15, 0.2) is 413 Å². The van der Waals surface area contributed by atoms with E-state index < -0.39 is 0 Å². The molecule has 0 spiro atoms. The Morgan fingerprint density at radius 2 is 0.460 bits per heavy atom. The zero-order valence-electron chi connectivity index (χ0n) is 67.5. The third-order valence-electron chi connectivity index (χ3n) is 25.2. The second-order valence-electron chi connectivity index (χ2n) is 32.5. The fourth-order valence-electron chi connectivity index (χ4n) is 19.4. The third-order valence-corrected chi connectivity index (χ3v) is 27.5. The Kier molecular flexibility index (Phi) is 16.2. The van der Waals surface area contributed by atoms with Crippen molar-refractivity contribution in [1.29, 1.82) is 0 Å². The maximum atomic E-state index is 5.29. The van der Waals surface area contributed by atoms with Crippen LogP contribution in [0, 0.1) is 0 Å². The van der Waals surface area contributed by atoms with Crippen molar-refractivity contribution in [2.45, 2.75) is 0 Å². The minimum absolute atomic E-state index is 0.590. The molecule has 10 nitrogen and oxygen atoms in total. The highest BCUT2D eigenvalue weighted by atomic mass is 32.1. The van der Waals surface area contributed by atoms with Crippen LogP contribution in [-0.4, -0.2) is 48.2 Å². The molecule has 8 aromatic heterocycles. The Morgan fingerprint density at radius 3 is 0.960 bits per heavy atom. The third kappa shape index (κ3) is 11.6. The Hall–Kier alpha value is -16.4. The Balaban J connectivity index is 0.637. The molecule has 0 bridgehead atoms. The molecule has 0 unspecified atom stereocenters. The number of para-hydroxylation sites is 2. The van der Waals surface area contributed by atoms with Gasteiger partial charge in [0.25, 0.3) is 0 Å². The number of fused-ring (bicyclic) bond motifs is 18. The summed E-state index contributed by atoms with van der Waals surface area (Å²) in [5.74, 6) is 3.67. The van der Waals surface area contributed by atoms with Crippen LogP contribution >= 0.6 is 22.7 Å². The van der Waals surface area contributed by atoms with Crippen LogP contribution in [-0.2, 0) is 0 Å². The van der Waals surface area contributed by atoms with Gasteiger partial charge in [-0.25, -0.2) is 29.9 Å². The summed E-state index contributed by atoms with van der Waals surface area (Å²) in [5.41, 5.74) is 25.7. The van der Waals surface area contributed by atoms with Crippen molar-refractivity contribution >= 4 is 150 Å². The number of benzene rings is 18. The molecular weight excluding hydrogens is 1570 g/mol. The van der Waals surface area contributed by atoms with Crippen LogP contribution in [0.1, 0.15) is 0 Å². The summed E-state index contributed by atoms with van der Waals surface area (Å²) in [4.78, 5) is 31.0. The molecule has 586 valence electrons. The van der Waals surface area contributed by atoms with E-state index in [0.29, 0.717) is 34.9 Å². The zero-order valence-corrected chi connectivity index (χ0v) is 69.2. The zero-order chi connectivity index (χ0) is 82.6. The van der Waals surface area contributed by atoms with Crippen molar-refractivity contribution in [3.63, 3.8) is 0 Å². The first-order valence-electron chi connectivity index (χ1n) is 42.4. The lowest BCUT2D eigenvalue weighted by Crippen LogP contribution is -2.01. The number of hydrogen-bond donors (Lipinski definition) is 0. The van der Waals surface area contributed by atoms with Crippen molar-refractivity contribution in [3.8, 4) is 124 Å². The van der Waals surface area contributed by atoms with Crippen LogP contribution in [0.4, 0.5) is 0 Å². The Labute approximate surface area is 730 Å². The van der Waals surface area contributed by atoms with Gasteiger partial charge in [0.1, 0.15) is 0 Å². The fourth-order valence-corrected chi connectivity index (χ4v) is 21.7. The van der Waals surface area contributed by atoms with Crippen molar-refractivity contribution in [2.75, 3.05) is 0 Å². The molecule has 0 aliphatic heterocycles. The summed E-state index contributed by atoms with van der Waals surface area (Å²) in [5, 5.41) is 14.4. The van der Waals surface area contributed by atoms with Gasteiger partial charge in [0, 0.05) is 140 Å². The van der Waals surface area contributed by atoms with E-state index in [9.17, 15) is 0 Å². The number of rotatable bonds is 13.